The van der Waals surface area contributed by atoms with Gasteiger partial charge in [0, 0.05) is 12.0 Å². The van der Waals surface area contributed by atoms with Crippen LogP contribution >= 0.6 is 0 Å². The fourth-order valence-electron chi connectivity index (χ4n) is 1.94. The van der Waals surface area contributed by atoms with E-state index in [1.165, 1.54) is 6.07 Å². The molecule has 3 nitrogen and oxygen atoms in total. The van der Waals surface area contributed by atoms with Crippen molar-refractivity contribution in [2.24, 2.45) is 0 Å². The zero-order chi connectivity index (χ0) is 13.6. The molecule has 0 unspecified atom stereocenters. The quantitative estimate of drug-likeness (QED) is 0.750. The van der Waals surface area contributed by atoms with E-state index in [4.69, 9.17) is 0 Å². The van der Waals surface area contributed by atoms with E-state index >= 15 is 0 Å². The third-order valence-corrected chi connectivity index (χ3v) is 2.70. The molecule has 1 aliphatic rings. The SMILES string of the molecule is CC1(C)CC(=O)Nc2cc(C(F)(F)F)ccc2N1. The molecule has 0 aliphatic carbocycles. The molecule has 0 fully saturated rings. The molecule has 0 bridgehead atoms. The predicted molar refractivity (Wildman–Crippen MR) is 62.4 cm³/mol. The number of alkyl halides is 3. The third-order valence-electron chi connectivity index (χ3n) is 2.70. The Labute approximate surface area is 102 Å². The van der Waals surface area contributed by atoms with Crippen LogP contribution in [-0.2, 0) is 11.0 Å². The maximum absolute atomic E-state index is 12.6. The van der Waals surface area contributed by atoms with Gasteiger partial charge >= 0.3 is 6.18 Å². The van der Waals surface area contributed by atoms with Crippen molar-refractivity contribution >= 4 is 17.3 Å². The van der Waals surface area contributed by atoms with Crippen LogP contribution in [-0.4, -0.2) is 11.4 Å². The second-order valence-electron chi connectivity index (χ2n) is 4.99. The fraction of sp³-hybridized carbons (Fsp3) is 0.417. The van der Waals surface area contributed by atoms with Crippen LogP contribution < -0.4 is 10.6 Å². The van der Waals surface area contributed by atoms with Gasteiger partial charge in [-0.05, 0) is 32.0 Å². The van der Waals surface area contributed by atoms with E-state index in [1.54, 1.807) is 0 Å². The van der Waals surface area contributed by atoms with E-state index < -0.39 is 17.3 Å². The number of carbonyl (C=O) groups excluding carboxylic acids is 1. The molecule has 1 amide bonds. The minimum atomic E-state index is -4.42. The van der Waals surface area contributed by atoms with Gasteiger partial charge in [0.1, 0.15) is 0 Å². The first-order chi connectivity index (χ1) is 8.17. The van der Waals surface area contributed by atoms with Gasteiger partial charge in [0.15, 0.2) is 0 Å². The fourth-order valence-corrected chi connectivity index (χ4v) is 1.94. The smallest absolute Gasteiger partial charge is 0.378 e. The van der Waals surface area contributed by atoms with Crippen LogP contribution in [0.2, 0.25) is 0 Å². The van der Waals surface area contributed by atoms with Crippen molar-refractivity contribution in [1.82, 2.24) is 0 Å². The van der Waals surface area contributed by atoms with Gasteiger partial charge in [-0.3, -0.25) is 4.79 Å². The van der Waals surface area contributed by atoms with Crippen molar-refractivity contribution in [3.8, 4) is 0 Å². The first kappa shape index (κ1) is 12.7. The molecule has 1 aliphatic heterocycles. The Kier molecular flexibility index (Phi) is 2.76. The van der Waals surface area contributed by atoms with Gasteiger partial charge in [-0.1, -0.05) is 0 Å². The summed E-state index contributed by atoms with van der Waals surface area (Å²) in [5, 5.41) is 5.55. The van der Waals surface area contributed by atoms with Gasteiger partial charge in [-0.2, -0.15) is 13.2 Å². The van der Waals surface area contributed by atoms with Crippen molar-refractivity contribution in [2.75, 3.05) is 10.6 Å². The van der Waals surface area contributed by atoms with E-state index in [1.807, 2.05) is 13.8 Å². The maximum atomic E-state index is 12.6. The van der Waals surface area contributed by atoms with Crippen molar-refractivity contribution in [3.05, 3.63) is 23.8 Å². The first-order valence-corrected chi connectivity index (χ1v) is 5.47. The predicted octanol–water partition coefficient (Wildman–Crippen LogP) is 3.24. The van der Waals surface area contributed by atoms with E-state index in [-0.39, 0.29) is 18.0 Å². The average Bonchev–Trinajstić information content (AvgIpc) is 2.27. The summed E-state index contributed by atoms with van der Waals surface area (Å²) < 4.78 is 37.7. The van der Waals surface area contributed by atoms with Gasteiger partial charge in [0.2, 0.25) is 5.91 Å². The zero-order valence-corrected chi connectivity index (χ0v) is 9.98. The summed E-state index contributed by atoms with van der Waals surface area (Å²) in [4.78, 5) is 11.6. The Morgan fingerprint density at radius 2 is 1.89 bits per heavy atom. The topological polar surface area (TPSA) is 41.1 Å². The van der Waals surface area contributed by atoms with Gasteiger partial charge in [-0.25, -0.2) is 0 Å². The summed E-state index contributed by atoms with van der Waals surface area (Å²) in [7, 11) is 0. The molecule has 0 saturated heterocycles. The third kappa shape index (κ3) is 2.57. The minimum absolute atomic E-state index is 0.167. The average molecular weight is 258 g/mol. The summed E-state index contributed by atoms with van der Waals surface area (Å²) in [5.74, 6) is -0.300. The van der Waals surface area contributed by atoms with Crippen molar-refractivity contribution in [3.63, 3.8) is 0 Å². The van der Waals surface area contributed by atoms with Crippen molar-refractivity contribution in [2.45, 2.75) is 32.0 Å². The summed E-state index contributed by atoms with van der Waals surface area (Å²) in [6.07, 6.45) is -4.22. The normalized spacial score (nSPS) is 18.4. The van der Waals surface area contributed by atoms with Crippen LogP contribution in [0.5, 0.6) is 0 Å². The van der Waals surface area contributed by atoms with Crippen molar-refractivity contribution in [1.29, 1.82) is 0 Å². The molecule has 2 N–H and O–H groups in total. The highest BCUT2D eigenvalue weighted by Gasteiger charge is 2.33. The number of nitrogens with one attached hydrogen (secondary N) is 2. The maximum Gasteiger partial charge on any atom is 0.416 e. The highest BCUT2D eigenvalue weighted by atomic mass is 19.4. The lowest BCUT2D eigenvalue weighted by Crippen LogP contribution is -2.32. The molecule has 6 heteroatoms. The Morgan fingerprint density at radius 1 is 1.22 bits per heavy atom. The first-order valence-electron chi connectivity index (χ1n) is 5.47. The molecular formula is C12H13F3N2O. The van der Waals surface area contributed by atoms with E-state index in [2.05, 4.69) is 10.6 Å². The minimum Gasteiger partial charge on any atom is -0.378 e. The monoisotopic (exact) mass is 258 g/mol. The number of fused-ring (bicyclic) bond motifs is 1. The lowest BCUT2D eigenvalue weighted by Gasteiger charge is -2.24. The number of hydrogen-bond donors (Lipinski definition) is 2. The Hall–Kier alpha value is -1.72. The van der Waals surface area contributed by atoms with E-state index in [9.17, 15) is 18.0 Å². The van der Waals surface area contributed by atoms with Gasteiger partial charge in [0.05, 0.1) is 16.9 Å². The van der Waals surface area contributed by atoms with E-state index in [0.29, 0.717) is 5.69 Å². The molecule has 98 valence electrons. The second kappa shape index (κ2) is 3.90. The molecule has 1 heterocycles. The summed E-state index contributed by atoms with van der Waals surface area (Å²) in [5.41, 5.74) is -0.600. The number of anilines is 2. The van der Waals surface area contributed by atoms with Gasteiger partial charge < -0.3 is 10.6 Å². The molecular weight excluding hydrogens is 245 g/mol. The highest BCUT2D eigenvalue weighted by molar-refractivity contribution is 5.97. The molecule has 18 heavy (non-hydrogen) atoms. The molecule has 1 aromatic rings. The number of carbonyl (C=O) groups is 1. The van der Waals surface area contributed by atoms with Crippen LogP contribution in [0.1, 0.15) is 25.8 Å². The highest BCUT2D eigenvalue weighted by Crippen LogP contribution is 2.36. The summed E-state index contributed by atoms with van der Waals surface area (Å²) in [6, 6.07) is 3.28. The molecule has 1 aromatic carbocycles. The summed E-state index contributed by atoms with van der Waals surface area (Å²) in [6.45, 7) is 3.64. The molecule has 0 atom stereocenters. The Balaban J connectivity index is 2.45. The molecule has 0 saturated carbocycles. The number of benzene rings is 1. The van der Waals surface area contributed by atoms with Gasteiger partial charge in [-0.15, -0.1) is 0 Å². The molecule has 0 radical (unpaired) electrons. The van der Waals surface area contributed by atoms with Crippen LogP contribution in [0.4, 0.5) is 24.5 Å². The summed E-state index contributed by atoms with van der Waals surface area (Å²) >= 11 is 0. The number of halogens is 3. The molecule has 0 spiro atoms. The number of amides is 1. The second-order valence-corrected chi connectivity index (χ2v) is 4.99. The lowest BCUT2D eigenvalue weighted by atomic mass is 10.0. The standard InChI is InChI=1S/C12H13F3N2O/c1-11(2)6-10(18)16-9-5-7(12(13,14)15)3-4-8(9)17-11/h3-5,17H,6H2,1-2H3,(H,16,18). The van der Waals surface area contributed by atoms with E-state index in [0.717, 1.165) is 12.1 Å². The Bertz CT molecular complexity index is 495. The van der Waals surface area contributed by atoms with Crippen LogP contribution in [0, 0.1) is 0 Å². The molecule has 0 aromatic heterocycles. The number of rotatable bonds is 0. The van der Waals surface area contributed by atoms with Crippen molar-refractivity contribution < 1.29 is 18.0 Å². The van der Waals surface area contributed by atoms with Crippen LogP contribution in [0.3, 0.4) is 0 Å². The lowest BCUT2D eigenvalue weighted by molar-refractivity contribution is -0.137. The number of hydrogen-bond acceptors (Lipinski definition) is 2. The Morgan fingerprint density at radius 3 is 2.50 bits per heavy atom. The largest absolute Gasteiger partial charge is 0.416 e. The van der Waals surface area contributed by atoms with Crippen LogP contribution in [0.25, 0.3) is 0 Å². The molecule has 2 rings (SSSR count). The zero-order valence-electron chi connectivity index (χ0n) is 9.98. The van der Waals surface area contributed by atoms with Crippen LogP contribution in [0.15, 0.2) is 18.2 Å². The van der Waals surface area contributed by atoms with Gasteiger partial charge in [0.25, 0.3) is 0 Å².